The lowest BCUT2D eigenvalue weighted by molar-refractivity contribution is 0.102. The Hall–Kier alpha value is -5.57. The lowest BCUT2D eigenvalue weighted by Gasteiger charge is -2.12. The highest BCUT2D eigenvalue weighted by Crippen LogP contribution is 2.32. The number of carbonyl (C=O) groups excluding carboxylic acids is 1. The number of carbonyl (C=O) groups is 1. The van der Waals surface area contributed by atoms with E-state index in [2.05, 4.69) is 31.8 Å². The molecule has 3 aromatic carbocycles. The predicted octanol–water partition coefficient (Wildman–Crippen LogP) is 7.54. The summed E-state index contributed by atoms with van der Waals surface area (Å²) in [6, 6.07) is 23.0. The molecule has 9 heteroatoms. The maximum absolute atomic E-state index is 13.4. The summed E-state index contributed by atoms with van der Waals surface area (Å²) >= 11 is 0. The number of amides is 1. The summed E-state index contributed by atoms with van der Waals surface area (Å²) in [4.78, 5) is 26.6. The standard InChI is InChI=1S/C34H29FN6O2/c1-4-43-32-14-9-24(19-37-32)28-20-41(3)31-18-26(12-13-27(28)31)38-33(42)23-6-5-21(2)30(17-23)40-34-36-16-15-29(39-34)22-7-10-25(35)11-8-22/h5-20H,4H2,1-3H3,(H,38,42)(H,36,39,40). The molecule has 6 aromatic rings. The fourth-order valence-corrected chi connectivity index (χ4v) is 4.89. The number of fused-ring (bicyclic) bond motifs is 1. The third-order valence-electron chi connectivity index (χ3n) is 7.13. The molecule has 0 saturated heterocycles. The number of pyridine rings is 1. The number of ether oxygens (including phenoxy) is 1. The van der Waals surface area contributed by atoms with Crippen LogP contribution < -0.4 is 15.4 Å². The van der Waals surface area contributed by atoms with E-state index in [0.717, 1.165) is 33.2 Å². The number of aromatic nitrogens is 4. The first kappa shape index (κ1) is 27.6. The van der Waals surface area contributed by atoms with Crippen molar-refractivity contribution in [2.75, 3.05) is 17.2 Å². The maximum Gasteiger partial charge on any atom is 0.255 e. The van der Waals surface area contributed by atoms with Crippen molar-refractivity contribution < 1.29 is 13.9 Å². The molecule has 1 amide bonds. The molecule has 0 spiro atoms. The van der Waals surface area contributed by atoms with Gasteiger partial charge >= 0.3 is 0 Å². The molecule has 0 unspecified atom stereocenters. The van der Waals surface area contributed by atoms with Crippen LogP contribution in [0, 0.1) is 12.7 Å². The molecule has 0 radical (unpaired) electrons. The van der Waals surface area contributed by atoms with Gasteiger partial charge in [0.2, 0.25) is 11.8 Å². The Morgan fingerprint density at radius 3 is 2.53 bits per heavy atom. The topological polar surface area (TPSA) is 94.0 Å². The molecule has 2 N–H and O–H groups in total. The molecule has 0 aliphatic heterocycles. The Kier molecular flexibility index (Phi) is 7.53. The van der Waals surface area contributed by atoms with Crippen LogP contribution in [0.15, 0.2) is 97.5 Å². The summed E-state index contributed by atoms with van der Waals surface area (Å²) < 4.78 is 20.9. The predicted molar refractivity (Wildman–Crippen MR) is 167 cm³/mol. The zero-order valence-electron chi connectivity index (χ0n) is 23.9. The zero-order chi connectivity index (χ0) is 29.9. The van der Waals surface area contributed by atoms with Gasteiger partial charge in [-0.2, -0.15) is 0 Å². The van der Waals surface area contributed by atoms with Crippen LogP contribution in [0.4, 0.5) is 21.7 Å². The Labute approximate surface area is 248 Å². The molecular weight excluding hydrogens is 543 g/mol. The summed E-state index contributed by atoms with van der Waals surface area (Å²) in [5.41, 5.74) is 7.23. The highest BCUT2D eigenvalue weighted by molar-refractivity contribution is 6.06. The average molecular weight is 573 g/mol. The quantitative estimate of drug-likeness (QED) is 0.196. The molecule has 0 saturated carbocycles. The van der Waals surface area contributed by atoms with Gasteiger partial charge in [0.25, 0.3) is 5.91 Å². The van der Waals surface area contributed by atoms with Gasteiger partial charge in [0.05, 0.1) is 17.8 Å². The second-order valence-corrected chi connectivity index (χ2v) is 10.1. The van der Waals surface area contributed by atoms with Crippen molar-refractivity contribution in [2.24, 2.45) is 7.05 Å². The molecule has 0 aliphatic rings. The fraction of sp³-hybridized carbons (Fsp3) is 0.118. The van der Waals surface area contributed by atoms with E-state index < -0.39 is 0 Å². The molecule has 0 fully saturated rings. The van der Waals surface area contributed by atoms with Gasteiger partial charge in [-0.25, -0.2) is 19.3 Å². The number of hydrogen-bond donors (Lipinski definition) is 2. The van der Waals surface area contributed by atoms with Crippen LogP contribution >= 0.6 is 0 Å². The van der Waals surface area contributed by atoms with Gasteiger partial charge < -0.3 is 19.9 Å². The highest BCUT2D eigenvalue weighted by atomic mass is 19.1. The van der Waals surface area contributed by atoms with E-state index in [1.807, 2.05) is 68.1 Å². The Balaban J connectivity index is 1.21. The second kappa shape index (κ2) is 11.7. The monoisotopic (exact) mass is 572 g/mol. The molecule has 8 nitrogen and oxygen atoms in total. The summed E-state index contributed by atoms with van der Waals surface area (Å²) in [7, 11) is 1.98. The number of aryl methyl sites for hydroxylation is 2. The van der Waals surface area contributed by atoms with Crippen molar-refractivity contribution in [3.05, 3.63) is 114 Å². The third kappa shape index (κ3) is 5.92. The molecular formula is C34H29FN6O2. The smallest absolute Gasteiger partial charge is 0.255 e. The minimum atomic E-state index is -0.309. The minimum Gasteiger partial charge on any atom is -0.478 e. The van der Waals surface area contributed by atoms with Crippen LogP contribution in [0.3, 0.4) is 0 Å². The van der Waals surface area contributed by atoms with Crippen molar-refractivity contribution >= 4 is 34.1 Å². The number of anilines is 3. The Morgan fingerprint density at radius 2 is 1.77 bits per heavy atom. The van der Waals surface area contributed by atoms with Crippen molar-refractivity contribution in [2.45, 2.75) is 13.8 Å². The summed E-state index contributed by atoms with van der Waals surface area (Å²) in [5.74, 6) is 0.414. The lowest BCUT2D eigenvalue weighted by Crippen LogP contribution is -2.12. The second-order valence-electron chi connectivity index (χ2n) is 10.1. The van der Waals surface area contributed by atoms with E-state index in [0.29, 0.717) is 41.1 Å². The first-order valence-corrected chi connectivity index (χ1v) is 13.8. The lowest BCUT2D eigenvalue weighted by atomic mass is 10.1. The van der Waals surface area contributed by atoms with Crippen molar-refractivity contribution in [1.29, 1.82) is 0 Å². The van der Waals surface area contributed by atoms with Crippen LogP contribution in [-0.2, 0) is 7.05 Å². The maximum atomic E-state index is 13.4. The molecule has 3 heterocycles. The number of rotatable bonds is 8. The molecule has 0 atom stereocenters. The summed E-state index contributed by atoms with van der Waals surface area (Å²) in [5, 5.41) is 7.30. The largest absolute Gasteiger partial charge is 0.478 e. The molecule has 214 valence electrons. The summed E-state index contributed by atoms with van der Waals surface area (Å²) in [6.45, 7) is 4.43. The molecule has 0 bridgehead atoms. The van der Waals surface area contributed by atoms with Gasteiger partial charge in [-0.05, 0) is 80.1 Å². The SMILES string of the molecule is CCOc1ccc(-c2cn(C)c3cc(NC(=O)c4ccc(C)c(Nc5nccc(-c6ccc(F)cc6)n5)c4)ccc23)cn1. The number of nitrogens with zero attached hydrogens (tertiary/aromatic N) is 4. The van der Waals surface area contributed by atoms with Crippen LogP contribution in [0.2, 0.25) is 0 Å². The van der Waals surface area contributed by atoms with E-state index >= 15 is 0 Å². The van der Waals surface area contributed by atoms with Gasteiger partial charge in [-0.15, -0.1) is 0 Å². The molecule has 0 aliphatic carbocycles. The van der Waals surface area contributed by atoms with E-state index in [4.69, 9.17) is 4.74 Å². The number of nitrogens with one attached hydrogen (secondary N) is 2. The first-order valence-electron chi connectivity index (χ1n) is 13.8. The Morgan fingerprint density at radius 1 is 0.953 bits per heavy atom. The normalized spacial score (nSPS) is 11.0. The van der Waals surface area contributed by atoms with Crippen LogP contribution in [0.5, 0.6) is 5.88 Å². The van der Waals surface area contributed by atoms with Crippen LogP contribution in [-0.4, -0.2) is 32.0 Å². The van der Waals surface area contributed by atoms with E-state index in [1.54, 1.807) is 36.5 Å². The van der Waals surface area contributed by atoms with E-state index in [-0.39, 0.29) is 11.7 Å². The number of hydrogen-bond acceptors (Lipinski definition) is 6. The summed E-state index contributed by atoms with van der Waals surface area (Å²) in [6.07, 6.45) is 5.50. The van der Waals surface area contributed by atoms with Gasteiger partial charge in [-0.1, -0.05) is 12.1 Å². The zero-order valence-corrected chi connectivity index (χ0v) is 23.9. The minimum absolute atomic E-state index is 0.242. The van der Waals surface area contributed by atoms with Crippen LogP contribution in [0.1, 0.15) is 22.8 Å². The highest BCUT2D eigenvalue weighted by Gasteiger charge is 2.14. The molecule has 43 heavy (non-hydrogen) atoms. The van der Waals surface area contributed by atoms with Crippen molar-refractivity contribution in [3.63, 3.8) is 0 Å². The first-order chi connectivity index (χ1) is 20.9. The van der Waals surface area contributed by atoms with Gasteiger partial charge in [0, 0.05) is 70.7 Å². The van der Waals surface area contributed by atoms with Gasteiger partial charge in [0.1, 0.15) is 5.82 Å². The molecule has 3 aromatic heterocycles. The van der Waals surface area contributed by atoms with Crippen molar-refractivity contribution in [1.82, 2.24) is 19.5 Å². The molecule has 6 rings (SSSR count). The van der Waals surface area contributed by atoms with Gasteiger partial charge in [-0.3, -0.25) is 4.79 Å². The Bertz CT molecular complexity index is 1930. The van der Waals surface area contributed by atoms with Crippen molar-refractivity contribution in [3.8, 4) is 28.3 Å². The van der Waals surface area contributed by atoms with Crippen LogP contribution in [0.25, 0.3) is 33.3 Å². The van der Waals surface area contributed by atoms with E-state index in [9.17, 15) is 9.18 Å². The number of halogens is 1. The van der Waals surface area contributed by atoms with Gasteiger partial charge in [0.15, 0.2) is 0 Å². The number of benzene rings is 3. The fourth-order valence-electron chi connectivity index (χ4n) is 4.89. The third-order valence-corrected chi connectivity index (χ3v) is 7.13. The van der Waals surface area contributed by atoms with E-state index in [1.165, 1.54) is 12.1 Å². The average Bonchev–Trinajstić information content (AvgIpc) is 3.34.